The first-order chi connectivity index (χ1) is 21.5. The second-order valence-corrected chi connectivity index (χ2v) is 11.8. The Morgan fingerprint density at radius 3 is 0.455 bits per heavy atom. The second kappa shape index (κ2) is 13.8. The van der Waals surface area contributed by atoms with Crippen molar-refractivity contribution in [1.82, 2.24) is 19.9 Å². The first-order valence-electron chi connectivity index (χ1n) is 17.1. The van der Waals surface area contributed by atoms with E-state index < -0.39 is 0 Å². The molecule has 4 aromatic heterocycles. The summed E-state index contributed by atoms with van der Waals surface area (Å²) >= 11 is 0. The van der Waals surface area contributed by atoms with Crippen LogP contribution in [0.15, 0.2) is 0 Å². The number of H-pyrrole nitrogens is 4. The van der Waals surface area contributed by atoms with Gasteiger partial charge in [0.2, 0.25) is 0 Å². The molecule has 4 heteroatoms. The van der Waals surface area contributed by atoms with E-state index in [-0.39, 0.29) is 0 Å². The number of fused-ring (bicyclic) bond motifs is 8. The van der Waals surface area contributed by atoms with Crippen LogP contribution in [0.3, 0.4) is 0 Å². The summed E-state index contributed by atoms with van der Waals surface area (Å²) in [5.74, 6) is 0. The van der Waals surface area contributed by atoms with Crippen LogP contribution in [0.2, 0.25) is 0 Å². The van der Waals surface area contributed by atoms with Gasteiger partial charge in [-0.2, -0.15) is 0 Å². The largest absolute Gasteiger partial charge is 0.355 e. The summed E-state index contributed by atoms with van der Waals surface area (Å²) in [7, 11) is 0. The van der Waals surface area contributed by atoms with Crippen molar-refractivity contribution >= 4 is 48.6 Å². The number of hydrogen-bond donors (Lipinski definition) is 4. The Kier molecular flexibility index (Phi) is 9.88. The molecule has 0 atom stereocenters. The van der Waals surface area contributed by atoms with Gasteiger partial charge >= 0.3 is 0 Å². The summed E-state index contributed by atoms with van der Waals surface area (Å²) in [6.07, 6.45) is 26.3. The minimum Gasteiger partial charge on any atom is -0.355 e. The lowest BCUT2D eigenvalue weighted by Gasteiger charge is -2.02. The Balaban J connectivity index is 1.77. The van der Waals surface area contributed by atoms with Crippen LogP contribution in [0, 0.1) is 0 Å². The van der Waals surface area contributed by atoms with Gasteiger partial charge in [-0.1, -0.05) is 55.4 Å². The molecule has 4 aromatic rings. The van der Waals surface area contributed by atoms with Crippen LogP contribution in [0.1, 0.15) is 145 Å². The van der Waals surface area contributed by atoms with Crippen LogP contribution in [-0.4, -0.2) is 19.9 Å². The van der Waals surface area contributed by atoms with Gasteiger partial charge in [-0.3, -0.25) is 0 Å². The number of rotatable bonds is 8. The van der Waals surface area contributed by atoms with E-state index >= 15 is 0 Å². The molecule has 1 aliphatic rings. The maximum atomic E-state index is 3.80. The lowest BCUT2D eigenvalue weighted by Crippen LogP contribution is -1.90. The molecule has 5 rings (SSSR count). The maximum Gasteiger partial charge on any atom is 0.0421 e. The summed E-state index contributed by atoms with van der Waals surface area (Å²) in [5, 5.41) is 0. The lowest BCUT2D eigenvalue weighted by molar-refractivity contribution is 1.05. The molecule has 0 fully saturated rings. The molecule has 0 saturated heterocycles. The third-order valence-corrected chi connectivity index (χ3v) is 9.63. The molecule has 44 heavy (non-hydrogen) atoms. The van der Waals surface area contributed by atoms with E-state index in [1.54, 1.807) is 0 Å². The maximum absolute atomic E-state index is 3.80. The topological polar surface area (TPSA) is 63.2 Å². The van der Waals surface area contributed by atoms with Gasteiger partial charge in [-0.05, 0) is 144 Å². The quantitative estimate of drug-likeness (QED) is 0.139. The van der Waals surface area contributed by atoms with Gasteiger partial charge in [0.25, 0.3) is 0 Å². The van der Waals surface area contributed by atoms with Crippen LogP contribution in [0.25, 0.3) is 48.6 Å². The van der Waals surface area contributed by atoms with Gasteiger partial charge in [0.05, 0.1) is 0 Å². The van der Waals surface area contributed by atoms with Gasteiger partial charge in [0.1, 0.15) is 0 Å². The van der Waals surface area contributed by atoms with Crippen molar-refractivity contribution in [2.24, 2.45) is 0 Å². The van der Waals surface area contributed by atoms with E-state index in [2.05, 4.69) is 124 Å². The highest BCUT2D eigenvalue weighted by atomic mass is 14.8. The number of aromatic nitrogens is 4. The van der Waals surface area contributed by atoms with Crippen molar-refractivity contribution in [3.8, 4) is 0 Å². The third kappa shape index (κ3) is 5.67. The highest BCUT2D eigenvalue weighted by molar-refractivity contribution is 5.81. The summed E-state index contributed by atoms with van der Waals surface area (Å²) in [5.41, 5.74) is 21.0. The highest BCUT2D eigenvalue weighted by Crippen LogP contribution is 2.31. The fraction of sp³-hybridized carbons (Fsp3) is 0.400. The van der Waals surface area contributed by atoms with E-state index in [1.165, 1.54) is 90.1 Å². The molecule has 0 saturated carbocycles. The van der Waals surface area contributed by atoms with E-state index in [1.807, 2.05) is 0 Å². The fourth-order valence-corrected chi connectivity index (χ4v) is 7.52. The Hall–Kier alpha value is -3.92. The summed E-state index contributed by atoms with van der Waals surface area (Å²) in [6.45, 7) is 18.2. The third-order valence-electron chi connectivity index (χ3n) is 9.63. The Labute approximate surface area is 264 Å². The molecule has 0 aliphatic carbocycles. The van der Waals surface area contributed by atoms with Crippen molar-refractivity contribution in [2.75, 3.05) is 0 Å². The van der Waals surface area contributed by atoms with Gasteiger partial charge in [-0.15, -0.1) is 0 Å². The minimum absolute atomic E-state index is 1.00. The fourth-order valence-electron chi connectivity index (χ4n) is 7.52. The average Bonchev–Trinajstić information content (AvgIpc) is 3.77. The van der Waals surface area contributed by atoms with Crippen molar-refractivity contribution < 1.29 is 0 Å². The van der Waals surface area contributed by atoms with Crippen molar-refractivity contribution in [3.05, 3.63) is 90.1 Å². The molecule has 4 N–H and O–H groups in total. The summed E-state index contributed by atoms with van der Waals surface area (Å²) in [6, 6.07) is 0. The molecule has 0 radical (unpaired) electrons. The summed E-state index contributed by atoms with van der Waals surface area (Å²) < 4.78 is 0. The van der Waals surface area contributed by atoms with E-state index in [0.29, 0.717) is 0 Å². The van der Waals surface area contributed by atoms with E-state index in [0.717, 1.165) is 51.4 Å². The zero-order valence-electron chi connectivity index (χ0n) is 28.3. The first kappa shape index (κ1) is 31.5. The molecule has 5 heterocycles. The number of aromatic amines is 4. The Bertz CT molecular complexity index is 1360. The second-order valence-electron chi connectivity index (χ2n) is 11.8. The Morgan fingerprint density at radius 2 is 0.364 bits per heavy atom. The highest BCUT2D eigenvalue weighted by Gasteiger charge is 2.17. The number of hydrogen-bond acceptors (Lipinski definition) is 0. The Morgan fingerprint density at radius 1 is 0.250 bits per heavy atom. The van der Waals surface area contributed by atoms with Crippen LogP contribution < -0.4 is 0 Å². The predicted molar refractivity (Wildman–Crippen MR) is 194 cm³/mol. The van der Waals surface area contributed by atoms with Crippen molar-refractivity contribution in [2.45, 2.75) is 107 Å². The molecular weight excluding hydrogens is 536 g/mol. The zero-order chi connectivity index (χ0) is 31.4. The van der Waals surface area contributed by atoms with E-state index in [9.17, 15) is 0 Å². The molecule has 0 spiro atoms. The molecule has 0 unspecified atom stereocenters. The van der Waals surface area contributed by atoms with Crippen LogP contribution in [-0.2, 0) is 51.4 Å². The normalized spacial score (nSPS) is 12.9. The van der Waals surface area contributed by atoms with Gasteiger partial charge in [0, 0.05) is 45.6 Å². The predicted octanol–water partition coefficient (Wildman–Crippen LogP) is 10.5. The van der Waals surface area contributed by atoms with E-state index in [4.69, 9.17) is 0 Å². The van der Waals surface area contributed by atoms with Gasteiger partial charge in [-0.25, -0.2) is 0 Å². The van der Waals surface area contributed by atoms with Crippen molar-refractivity contribution in [3.63, 3.8) is 0 Å². The van der Waals surface area contributed by atoms with Crippen molar-refractivity contribution in [1.29, 1.82) is 0 Å². The first-order valence-corrected chi connectivity index (χ1v) is 17.1. The SMILES string of the molecule is CCc1c2[nH]c(c1CC)C=Cc1[nH]c(c(CC)c1CC)C=Cc1[nH]c(c(CC)c1CC)C=Cc1[nH]c(c(CC)c1CC)C=C2. The number of nitrogens with one attached hydrogen (secondary N) is 4. The average molecular weight is 589 g/mol. The molecule has 232 valence electrons. The molecule has 1 aliphatic heterocycles. The molecule has 4 nitrogen and oxygen atoms in total. The summed E-state index contributed by atoms with van der Waals surface area (Å²) in [4.78, 5) is 15.2. The van der Waals surface area contributed by atoms with Crippen LogP contribution >= 0.6 is 0 Å². The lowest BCUT2D eigenvalue weighted by atomic mass is 10.0. The zero-order valence-corrected chi connectivity index (χ0v) is 28.3. The standard InChI is InChI=1S/C40H52N4/c1-9-25-26(10-2)34-19-20-36-29(13-5)30(14-6)38(43-36)23-24-40-32(16-8)31(15-7)39(44-40)22-21-37-28(12-4)27(11-3)35(42-37)18-17-33(25)41-34/h17-24,41-44H,9-16H2,1-8H3. The van der Waals surface area contributed by atoms with Gasteiger partial charge in [0.15, 0.2) is 0 Å². The minimum atomic E-state index is 1.00. The molecular formula is C40H52N4. The van der Waals surface area contributed by atoms with Gasteiger partial charge < -0.3 is 19.9 Å². The van der Waals surface area contributed by atoms with Crippen LogP contribution in [0.4, 0.5) is 0 Å². The monoisotopic (exact) mass is 588 g/mol. The molecule has 0 aromatic carbocycles. The molecule has 8 bridgehead atoms. The molecule has 0 amide bonds. The smallest absolute Gasteiger partial charge is 0.0421 e. The van der Waals surface area contributed by atoms with Crippen LogP contribution in [0.5, 0.6) is 0 Å².